The summed E-state index contributed by atoms with van der Waals surface area (Å²) in [6.45, 7) is 0. The normalized spacial score (nSPS) is 11.7. The maximum absolute atomic E-state index is 12.6. The summed E-state index contributed by atoms with van der Waals surface area (Å²) in [6.07, 6.45) is 1.61. The van der Waals surface area contributed by atoms with Crippen LogP contribution >= 0.6 is 0 Å². The van der Waals surface area contributed by atoms with Gasteiger partial charge in [-0.25, -0.2) is 8.42 Å². The molecule has 0 saturated carbocycles. The number of alkyl halides is 3. The van der Waals surface area contributed by atoms with Gasteiger partial charge >= 0.3 is 5.51 Å². The van der Waals surface area contributed by atoms with E-state index < -0.39 is 26.1 Å². The third kappa shape index (κ3) is 4.28. The summed E-state index contributed by atoms with van der Waals surface area (Å²) < 4.78 is 65.8. The Kier molecular flexibility index (Phi) is 5.79. The summed E-state index contributed by atoms with van der Waals surface area (Å²) in [5, 5.41) is 2.50. The standard InChI is InChI=1S/C20H15F3N2O4S/c1-29-17-3-2-12-24-18(17)13-4-6-14(7-5-13)19(26)25-15-8-10-16(11-9-15)30(27,28)20(21,22)23/h2-12H,1H3,(H,25,26). The molecule has 0 aliphatic heterocycles. The van der Waals surface area contributed by atoms with Gasteiger partial charge in [0.25, 0.3) is 15.7 Å². The highest BCUT2D eigenvalue weighted by Crippen LogP contribution is 2.31. The number of nitrogens with one attached hydrogen (secondary N) is 1. The van der Waals surface area contributed by atoms with E-state index >= 15 is 0 Å². The van der Waals surface area contributed by atoms with E-state index in [2.05, 4.69) is 10.3 Å². The number of sulfone groups is 1. The zero-order valence-corrected chi connectivity index (χ0v) is 16.3. The number of carbonyl (C=O) groups is 1. The van der Waals surface area contributed by atoms with Gasteiger partial charge in [-0.1, -0.05) is 12.1 Å². The molecular weight excluding hydrogens is 421 g/mol. The summed E-state index contributed by atoms with van der Waals surface area (Å²) >= 11 is 0. The van der Waals surface area contributed by atoms with Crippen LogP contribution in [0.4, 0.5) is 18.9 Å². The molecule has 0 aliphatic rings. The number of amides is 1. The minimum atomic E-state index is -5.44. The molecule has 30 heavy (non-hydrogen) atoms. The van der Waals surface area contributed by atoms with Crippen LogP contribution in [0.3, 0.4) is 0 Å². The number of benzene rings is 2. The monoisotopic (exact) mass is 436 g/mol. The molecule has 6 nitrogen and oxygen atoms in total. The van der Waals surface area contributed by atoms with E-state index in [-0.39, 0.29) is 5.69 Å². The van der Waals surface area contributed by atoms with Gasteiger partial charge in [-0.3, -0.25) is 9.78 Å². The zero-order valence-electron chi connectivity index (χ0n) is 15.5. The van der Waals surface area contributed by atoms with E-state index in [1.807, 2.05) is 0 Å². The lowest BCUT2D eigenvalue weighted by atomic mass is 10.1. The van der Waals surface area contributed by atoms with Crippen LogP contribution in [0.2, 0.25) is 0 Å². The number of pyridine rings is 1. The Bertz CT molecular complexity index is 1160. The Morgan fingerprint density at radius 1 is 1.00 bits per heavy atom. The van der Waals surface area contributed by atoms with Gasteiger partial charge in [0, 0.05) is 23.0 Å². The van der Waals surface area contributed by atoms with Crippen LogP contribution in [0.25, 0.3) is 11.3 Å². The van der Waals surface area contributed by atoms with E-state index in [4.69, 9.17) is 4.74 Å². The highest BCUT2D eigenvalue weighted by atomic mass is 32.2. The molecule has 0 fully saturated rings. The third-order valence-electron chi connectivity index (χ3n) is 4.14. The molecule has 0 aliphatic carbocycles. The first-order valence-electron chi connectivity index (χ1n) is 8.45. The first-order valence-corrected chi connectivity index (χ1v) is 9.94. The molecule has 3 aromatic rings. The Morgan fingerprint density at radius 2 is 1.63 bits per heavy atom. The molecule has 2 aromatic carbocycles. The van der Waals surface area contributed by atoms with Crippen molar-refractivity contribution in [3.63, 3.8) is 0 Å². The number of carbonyl (C=O) groups excluding carboxylic acids is 1. The maximum Gasteiger partial charge on any atom is 0.501 e. The summed E-state index contributed by atoms with van der Waals surface area (Å²) in [7, 11) is -3.92. The van der Waals surface area contributed by atoms with Gasteiger partial charge in [0.05, 0.1) is 12.0 Å². The second kappa shape index (κ2) is 8.15. The Hall–Kier alpha value is -3.40. The Labute approximate surface area is 170 Å². The molecule has 0 unspecified atom stereocenters. The van der Waals surface area contributed by atoms with Crippen molar-refractivity contribution in [3.05, 3.63) is 72.4 Å². The van der Waals surface area contributed by atoms with Crippen molar-refractivity contribution in [1.29, 1.82) is 0 Å². The van der Waals surface area contributed by atoms with Crippen LogP contribution < -0.4 is 10.1 Å². The summed E-state index contributed by atoms with van der Waals surface area (Å²) in [4.78, 5) is 15.7. The topological polar surface area (TPSA) is 85.4 Å². The van der Waals surface area contributed by atoms with E-state index in [0.717, 1.165) is 29.8 Å². The molecule has 0 bridgehead atoms. The number of hydrogen-bond donors (Lipinski definition) is 1. The average Bonchev–Trinajstić information content (AvgIpc) is 2.73. The number of halogens is 3. The average molecular weight is 436 g/mol. The highest BCUT2D eigenvalue weighted by Gasteiger charge is 2.46. The van der Waals surface area contributed by atoms with Crippen molar-refractivity contribution in [2.75, 3.05) is 12.4 Å². The van der Waals surface area contributed by atoms with Crippen molar-refractivity contribution in [1.82, 2.24) is 4.98 Å². The quantitative estimate of drug-likeness (QED) is 0.645. The number of ether oxygens (including phenoxy) is 1. The zero-order chi connectivity index (χ0) is 21.9. The van der Waals surface area contributed by atoms with Crippen LogP contribution in [-0.4, -0.2) is 31.9 Å². The number of aromatic nitrogens is 1. The van der Waals surface area contributed by atoms with Crippen molar-refractivity contribution in [3.8, 4) is 17.0 Å². The van der Waals surface area contributed by atoms with E-state index in [0.29, 0.717) is 17.0 Å². The SMILES string of the molecule is COc1cccnc1-c1ccc(C(=O)Nc2ccc(S(=O)(=O)C(F)(F)F)cc2)cc1. The molecular formula is C20H15F3N2O4S. The molecule has 1 N–H and O–H groups in total. The van der Waals surface area contributed by atoms with Crippen LogP contribution in [-0.2, 0) is 9.84 Å². The van der Waals surface area contributed by atoms with E-state index in [1.165, 1.54) is 7.11 Å². The number of anilines is 1. The van der Waals surface area contributed by atoms with Crippen molar-refractivity contribution in [2.45, 2.75) is 10.4 Å². The molecule has 3 rings (SSSR count). The van der Waals surface area contributed by atoms with Crippen molar-refractivity contribution >= 4 is 21.4 Å². The minimum absolute atomic E-state index is 0.150. The molecule has 1 heterocycles. The predicted octanol–water partition coefficient (Wildman–Crippen LogP) is 4.30. The summed E-state index contributed by atoms with van der Waals surface area (Å²) in [5.74, 6) is 0.0598. The van der Waals surface area contributed by atoms with Gasteiger partial charge < -0.3 is 10.1 Å². The molecule has 10 heteroatoms. The smallest absolute Gasteiger partial charge is 0.494 e. The second-order valence-electron chi connectivity index (χ2n) is 6.06. The van der Waals surface area contributed by atoms with Crippen LogP contribution in [0, 0.1) is 0 Å². The highest BCUT2D eigenvalue weighted by molar-refractivity contribution is 7.92. The van der Waals surface area contributed by atoms with Gasteiger partial charge in [-0.15, -0.1) is 0 Å². The largest absolute Gasteiger partial charge is 0.501 e. The molecule has 156 valence electrons. The Balaban J connectivity index is 1.75. The van der Waals surface area contributed by atoms with E-state index in [9.17, 15) is 26.4 Å². The number of methoxy groups -OCH3 is 1. The molecule has 0 atom stereocenters. The van der Waals surface area contributed by atoms with E-state index in [1.54, 1.807) is 42.6 Å². The van der Waals surface area contributed by atoms with Crippen molar-refractivity contribution < 1.29 is 31.1 Å². The van der Waals surface area contributed by atoms with Crippen molar-refractivity contribution in [2.24, 2.45) is 0 Å². The maximum atomic E-state index is 12.6. The number of nitrogens with zero attached hydrogens (tertiary/aromatic N) is 1. The lowest BCUT2D eigenvalue weighted by molar-refractivity contribution is -0.0436. The lowest BCUT2D eigenvalue weighted by Gasteiger charge is -2.10. The third-order valence-corrected chi connectivity index (χ3v) is 5.64. The lowest BCUT2D eigenvalue weighted by Crippen LogP contribution is -2.23. The fourth-order valence-electron chi connectivity index (χ4n) is 2.61. The minimum Gasteiger partial charge on any atom is -0.494 e. The predicted molar refractivity (Wildman–Crippen MR) is 104 cm³/mol. The fraction of sp³-hybridized carbons (Fsp3) is 0.100. The van der Waals surface area contributed by atoms with Gasteiger partial charge in [-0.05, 0) is 48.5 Å². The van der Waals surface area contributed by atoms with Crippen LogP contribution in [0.5, 0.6) is 5.75 Å². The number of rotatable bonds is 5. The first kappa shape index (κ1) is 21.3. The second-order valence-corrected chi connectivity index (χ2v) is 8.00. The van der Waals surface area contributed by atoms with Crippen LogP contribution in [0.15, 0.2) is 71.8 Å². The molecule has 0 radical (unpaired) electrons. The van der Waals surface area contributed by atoms with Crippen LogP contribution in [0.1, 0.15) is 10.4 Å². The molecule has 0 spiro atoms. The fourth-order valence-corrected chi connectivity index (χ4v) is 3.37. The van der Waals surface area contributed by atoms with Gasteiger partial charge in [-0.2, -0.15) is 13.2 Å². The number of hydrogen-bond acceptors (Lipinski definition) is 5. The molecule has 1 aromatic heterocycles. The Morgan fingerprint density at radius 3 is 2.20 bits per heavy atom. The van der Waals surface area contributed by atoms with Gasteiger partial charge in [0.1, 0.15) is 11.4 Å². The molecule has 0 saturated heterocycles. The van der Waals surface area contributed by atoms with Gasteiger partial charge in [0.2, 0.25) is 0 Å². The first-order chi connectivity index (χ1) is 14.1. The van der Waals surface area contributed by atoms with Gasteiger partial charge in [0.15, 0.2) is 0 Å². The molecule has 1 amide bonds. The summed E-state index contributed by atoms with van der Waals surface area (Å²) in [6, 6.07) is 13.7. The summed E-state index contributed by atoms with van der Waals surface area (Å²) in [5.41, 5.74) is -3.62.